The van der Waals surface area contributed by atoms with E-state index in [-0.39, 0.29) is 5.54 Å². The van der Waals surface area contributed by atoms with Crippen molar-refractivity contribution in [2.75, 3.05) is 14.2 Å². The van der Waals surface area contributed by atoms with Crippen LogP contribution in [0.15, 0.2) is 12.1 Å². The second kappa shape index (κ2) is 5.59. The first kappa shape index (κ1) is 14.5. The van der Waals surface area contributed by atoms with Crippen molar-refractivity contribution >= 4 is 11.6 Å². The van der Waals surface area contributed by atoms with Gasteiger partial charge in [-0.3, -0.25) is 0 Å². The monoisotopic (exact) mass is 283 g/mol. The Bertz CT molecular complexity index is 456. The van der Waals surface area contributed by atoms with Gasteiger partial charge in [0.1, 0.15) is 0 Å². The van der Waals surface area contributed by atoms with Crippen molar-refractivity contribution in [2.45, 2.75) is 38.8 Å². The molecule has 1 aliphatic carbocycles. The summed E-state index contributed by atoms with van der Waals surface area (Å²) in [6.45, 7) is 5.24. The maximum absolute atomic E-state index is 6.37. The number of hydrogen-bond acceptors (Lipinski definition) is 3. The van der Waals surface area contributed by atoms with Crippen molar-refractivity contribution < 1.29 is 9.47 Å². The van der Waals surface area contributed by atoms with Crippen LogP contribution < -0.4 is 14.8 Å². The van der Waals surface area contributed by atoms with Gasteiger partial charge in [0.15, 0.2) is 11.5 Å². The maximum atomic E-state index is 6.37. The number of nitrogens with one attached hydrogen (secondary N) is 1. The molecular weight excluding hydrogens is 262 g/mol. The Morgan fingerprint density at radius 3 is 2.47 bits per heavy atom. The Hall–Kier alpha value is -0.930. The predicted octanol–water partition coefficient (Wildman–Crippen LogP) is 3.64. The number of rotatable bonds is 6. The van der Waals surface area contributed by atoms with Crippen molar-refractivity contribution in [2.24, 2.45) is 5.92 Å². The Morgan fingerprint density at radius 1 is 1.26 bits per heavy atom. The molecule has 1 aliphatic rings. The van der Waals surface area contributed by atoms with Crippen molar-refractivity contribution in [3.05, 3.63) is 22.7 Å². The van der Waals surface area contributed by atoms with Crippen LogP contribution in [0, 0.1) is 5.92 Å². The second-order valence-corrected chi connectivity index (χ2v) is 6.00. The maximum Gasteiger partial charge on any atom is 0.179 e. The van der Waals surface area contributed by atoms with Crippen molar-refractivity contribution in [1.82, 2.24) is 5.32 Å². The van der Waals surface area contributed by atoms with Crippen LogP contribution in [-0.2, 0) is 6.54 Å². The SMILES string of the molecule is COc1ccc(CNC(C)(C)C2CC2)c(Cl)c1OC. The molecule has 106 valence electrons. The third-order valence-corrected chi connectivity index (χ3v) is 4.31. The summed E-state index contributed by atoms with van der Waals surface area (Å²) in [5.41, 5.74) is 1.20. The topological polar surface area (TPSA) is 30.5 Å². The summed E-state index contributed by atoms with van der Waals surface area (Å²) in [6.07, 6.45) is 2.64. The van der Waals surface area contributed by atoms with Gasteiger partial charge in [-0.25, -0.2) is 0 Å². The minimum atomic E-state index is 0.163. The number of benzene rings is 1. The van der Waals surface area contributed by atoms with Crippen LogP contribution in [0.2, 0.25) is 5.02 Å². The van der Waals surface area contributed by atoms with Gasteiger partial charge in [-0.15, -0.1) is 0 Å². The van der Waals surface area contributed by atoms with Gasteiger partial charge in [-0.1, -0.05) is 17.7 Å². The average Bonchev–Trinajstić information content (AvgIpc) is 3.21. The van der Waals surface area contributed by atoms with E-state index in [1.165, 1.54) is 12.8 Å². The number of halogens is 1. The van der Waals surface area contributed by atoms with E-state index in [9.17, 15) is 0 Å². The van der Waals surface area contributed by atoms with Gasteiger partial charge in [0.2, 0.25) is 0 Å². The van der Waals surface area contributed by atoms with E-state index in [2.05, 4.69) is 19.2 Å². The predicted molar refractivity (Wildman–Crippen MR) is 78.2 cm³/mol. The van der Waals surface area contributed by atoms with Crippen molar-refractivity contribution in [1.29, 1.82) is 0 Å². The molecule has 0 saturated heterocycles. The van der Waals surface area contributed by atoms with E-state index < -0.39 is 0 Å². The van der Waals surface area contributed by atoms with E-state index in [1.54, 1.807) is 14.2 Å². The lowest BCUT2D eigenvalue weighted by Gasteiger charge is -2.27. The van der Waals surface area contributed by atoms with Crippen molar-refractivity contribution in [3.8, 4) is 11.5 Å². The summed E-state index contributed by atoms with van der Waals surface area (Å²) in [4.78, 5) is 0. The molecule has 0 heterocycles. The average molecular weight is 284 g/mol. The third kappa shape index (κ3) is 3.15. The lowest BCUT2D eigenvalue weighted by molar-refractivity contribution is 0.337. The van der Waals surface area contributed by atoms with E-state index in [4.69, 9.17) is 21.1 Å². The molecule has 3 nitrogen and oxygen atoms in total. The summed E-state index contributed by atoms with van der Waals surface area (Å²) in [5.74, 6) is 2.05. The molecule has 0 spiro atoms. The molecule has 0 bridgehead atoms. The molecule has 0 unspecified atom stereocenters. The first-order valence-corrected chi connectivity index (χ1v) is 7.01. The van der Waals surface area contributed by atoms with Gasteiger partial charge in [0.25, 0.3) is 0 Å². The molecule has 2 rings (SSSR count). The van der Waals surface area contributed by atoms with Gasteiger partial charge in [-0.05, 0) is 44.2 Å². The molecule has 4 heteroatoms. The highest BCUT2D eigenvalue weighted by Crippen LogP contribution is 2.40. The first-order chi connectivity index (χ1) is 8.99. The molecule has 1 aromatic carbocycles. The largest absolute Gasteiger partial charge is 0.493 e. The van der Waals surface area contributed by atoms with E-state index in [0.29, 0.717) is 16.5 Å². The normalized spacial score (nSPS) is 15.4. The molecule has 1 N–H and O–H groups in total. The van der Waals surface area contributed by atoms with Gasteiger partial charge in [0, 0.05) is 12.1 Å². The molecule has 0 aliphatic heterocycles. The molecule has 1 aromatic rings. The highest BCUT2D eigenvalue weighted by molar-refractivity contribution is 6.33. The lowest BCUT2D eigenvalue weighted by Crippen LogP contribution is -2.40. The summed E-state index contributed by atoms with van der Waals surface area (Å²) < 4.78 is 10.6. The third-order valence-electron chi connectivity index (χ3n) is 3.90. The molecule has 19 heavy (non-hydrogen) atoms. The summed E-state index contributed by atoms with van der Waals surface area (Å²) in [7, 11) is 3.22. The summed E-state index contributed by atoms with van der Waals surface area (Å²) in [6, 6.07) is 3.88. The summed E-state index contributed by atoms with van der Waals surface area (Å²) in [5, 5.41) is 4.21. The molecule has 0 atom stereocenters. The van der Waals surface area contributed by atoms with Crippen LogP contribution in [0.25, 0.3) is 0 Å². The molecule has 0 radical (unpaired) electrons. The lowest BCUT2D eigenvalue weighted by atomic mass is 9.98. The van der Waals surface area contributed by atoms with Gasteiger partial charge < -0.3 is 14.8 Å². The molecular formula is C15H22ClNO2. The zero-order valence-corrected chi connectivity index (χ0v) is 12.8. The van der Waals surface area contributed by atoms with Gasteiger partial charge in [-0.2, -0.15) is 0 Å². The van der Waals surface area contributed by atoms with Crippen LogP contribution >= 0.6 is 11.6 Å². The Kier molecular flexibility index (Phi) is 4.26. The fourth-order valence-corrected chi connectivity index (χ4v) is 2.64. The minimum absolute atomic E-state index is 0.163. The Labute approximate surface area is 120 Å². The molecule has 1 fully saturated rings. The zero-order chi connectivity index (χ0) is 14.0. The highest BCUT2D eigenvalue weighted by atomic mass is 35.5. The van der Waals surface area contributed by atoms with Crippen molar-refractivity contribution in [3.63, 3.8) is 0 Å². The fraction of sp³-hybridized carbons (Fsp3) is 0.600. The van der Waals surface area contributed by atoms with E-state index in [1.807, 2.05) is 12.1 Å². The highest BCUT2D eigenvalue weighted by Gasteiger charge is 2.37. The fourth-order valence-electron chi connectivity index (χ4n) is 2.34. The van der Waals surface area contributed by atoms with Crippen LogP contribution in [0.1, 0.15) is 32.3 Å². The van der Waals surface area contributed by atoms with Crippen LogP contribution in [0.3, 0.4) is 0 Å². The smallest absolute Gasteiger partial charge is 0.179 e. The Balaban J connectivity index is 2.12. The summed E-state index contributed by atoms with van der Waals surface area (Å²) >= 11 is 6.37. The molecule has 1 saturated carbocycles. The standard InChI is InChI=1S/C15H22ClNO2/c1-15(2,11-6-7-11)17-9-10-5-8-12(18-3)14(19-4)13(10)16/h5,8,11,17H,6-7,9H2,1-4H3. The zero-order valence-electron chi connectivity index (χ0n) is 12.0. The first-order valence-electron chi connectivity index (χ1n) is 6.64. The van der Waals surface area contributed by atoms with E-state index in [0.717, 1.165) is 18.0 Å². The molecule has 0 amide bonds. The van der Waals surface area contributed by atoms with Gasteiger partial charge >= 0.3 is 0 Å². The van der Waals surface area contributed by atoms with Crippen LogP contribution in [0.5, 0.6) is 11.5 Å². The second-order valence-electron chi connectivity index (χ2n) is 5.62. The van der Waals surface area contributed by atoms with Crippen LogP contribution in [-0.4, -0.2) is 19.8 Å². The van der Waals surface area contributed by atoms with E-state index >= 15 is 0 Å². The quantitative estimate of drug-likeness (QED) is 0.865. The Morgan fingerprint density at radius 2 is 1.95 bits per heavy atom. The number of methoxy groups -OCH3 is 2. The minimum Gasteiger partial charge on any atom is -0.493 e. The number of ether oxygens (including phenoxy) is 2. The number of hydrogen-bond donors (Lipinski definition) is 1. The molecule has 0 aromatic heterocycles. The van der Waals surface area contributed by atoms with Gasteiger partial charge in [0.05, 0.1) is 19.2 Å². The van der Waals surface area contributed by atoms with Crippen LogP contribution in [0.4, 0.5) is 0 Å².